The number of rotatable bonds is 3. The van der Waals surface area contributed by atoms with E-state index < -0.39 is 0 Å². The van der Waals surface area contributed by atoms with Crippen molar-refractivity contribution in [2.75, 3.05) is 13.1 Å². The summed E-state index contributed by atoms with van der Waals surface area (Å²) in [4.78, 5) is 6.82. The third-order valence-corrected chi connectivity index (χ3v) is 4.41. The van der Waals surface area contributed by atoms with Crippen molar-refractivity contribution >= 4 is 15.9 Å². The molecule has 3 heteroatoms. The first-order valence-electron chi connectivity index (χ1n) is 6.97. The van der Waals surface area contributed by atoms with Crippen LogP contribution in [0, 0.1) is 11.8 Å². The quantitative estimate of drug-likeness (QED) is 0.835. The Hall–Kier alpha value is -0.410. The summed E-state index contributed by atoms with van der Waals surface area (Å²) in [7, 11) is 0. The van der Waals surface area contributed by atoms with Crippen LogP contribution in [-0.4, -0.2) is 23.0 Å². The Morgan fingerprint density at radius 3 is 2.89 bits per heavy atom. The summed E-state index contributed by atoms with van der Waals surface area (Å²) in [5.74, 6) is 1.74. The molecule has 0 saturated carbocycles. The third-order valence-electron chi connectivity index (χ3n) is 3.98. The van der Waals surface area contributed by atoms with E-state index in [9.17, 15) is 0 Å². The molecule has 1 fully saturated rings. The molecular formula is C15H23BrN2. The Labute approximate surface area is 119 Å². The van der Waals surface area contributed by atoms with Crippen LogP contribution < -0.4 is 0 Å². The van der Waals surface area contributed by atoms with Gasteiger partial charge in [0.15, 0.2) is 0 Å². The van der Waals surface area contributed by atoms with E-state index in [0.29, 0.717) is 0 Å². The van der Waals surface area contributed by atoms with Gasteiger partial charge in [0, 0.05) is 23.4 Å². The predicted octanol–water partition coefficient (Wildman–Crippen LogP) is 4.10. The summed E-state index contributed by atoms with van der Waals surface area (Å²) in [5.41, 5.74) is 1.31. The van der Waals surface area contributed by atoms with Crippen molar-refractivity contribution in [2.45, 2.75) is 39.7 Å². The first-order valence-corrected chi connectivity index (χ1v) is 7.76. The van der Waals surface area contributed by atoms with E-state index in [1.807, 2.05) is 12.4 Å². The lowest BCUT2D eigenvalue weighted by molar-refractivity contribution is 0.264. The van der Waals surface area contributed by atoms with Gasteiger partial charge in [0.05, 0.1) is 0 Å². The van der Waals surface area contributed by atoms with Crippen LogP contribution in [0.1, 0.15) is 38.7 Å². The zero-order valence-corrected chi connectivity index (χ0v) is 13.0. The van der Waals surface area contributed by atoms with E-state index in [-0.39, 0.29) is 0 Å². The minimum absolute atomic E-state index is 0.831. The normalized spacial score (nSPS) is 22.1. The Morgan fingerprint density at radius 1 is 1.33 bits per heavy atom. The molecule has 100 valence electrons. The van der Waals surface area contributed by atoms with Crippen LogP contribution >= 0.6 is 15.9 Å². The minimum Gasteiger partial charge on any atom is -0.299 e. The molecule has 0 aromatic carbocycles. The maximum Gasteiger partial charge on any atom is 0.0410 e. The summed E-state index contributed by atoms with van der Waals surface area (Å²) in [6.45, 7) is 8.22. The number of pyridine rings is 1. The molecule has 2 heterocycles. The van der Waals surface area contributed by atoms with Gasteiger partial charge in [0.1, 0.15) is 0 Å². The Morgan fingerprint density at radius 2 is 2.17 bits per heavy atom. The molecule has 0 radical (unpaired) electrons. The second kappa shape index (κ2) is 6.67. The van der Waals surface area contributed by atoms with Crippen molar-refractivity contribution in [2.24, 2.45) is 11.8 Å². The summed E-state index contributed by atoms with van der Waals surface area (Å²) >= 11 is 3.49. The Balaban J connectivity index is 1.91. The van der Waals surface area contributed by atoms with Gasteiger partial charge < -0.3 is 0 Å². The number of likely N-dealkylation sites (tertiary alicyclic amines) is 1. The SMILES string of the molecule is CC(C)C1CCCN(Cc2cncc(Br)c2)CC1. The average Bonchev–Trinajstić information content (AvgIpc) is 2.55. The van der Waals surface area contributed by atoms with Crippen molar-refractivity contribution in [1.29, 1.82) is 0 Å². The van der Waals surface area contributed by atoms with Crippen LogP contribution in [0.2, 0.25) is 0 Å². The molecule has 1 saturated heterocycles. The molecule has 1 aliphatic rings. The first kappa shape index (κ1) is 14.0. The number of hydrogen-bond acceptors (Lipinski definition) is 2. The molecule has 2 rings (SSSR count). The summed E-state index contributed by atoms with van der Waals surface area (Å²) < 4.78 is 1.08. The third kappa shape index (κ3) is 4.06. The molecule has 1 aliphatic heterocycles. The van der Waals surface area contributed by atoms with Crippen LogP contribution in [0.5, 0.6) is 0 Å². The molecule has 0 amide bonds. The van der Waals surface area contributed by atoms with E-state index in [1.54, 1.807) is 0 Å². The maximum atomic E-state index is 4.24. The molecule has 1 aromatic rings. The van der Waals surface area contributed by atoms with E-state index in [4.69, 9.17) is 0 Å². The fraction of sp³-hybridized carbons (Fsp3) is 0.667. The molecule has 18 heavy (non-hydrogen) atoms. The van der Waals surface area contributed by atoms with Crippen molar-refractivity contribution in [3.05, 3.63) is 28.5 Å². The molecule has 0 bridgehead atoms. The summed E-state index contributed by atoms with van der Waals surface area (Å²) in [6.07, 6.45) is 7.91. The lowest BCUT2D eigenvalue weighted by Gasteiger charge is -2.21. The highest BCUT2D eigenvalue weighted by atomic mass is 79.9. The largest absolute Gasteiger partial charge is 0.299 e. The second-order valence-electron chi connectivity index (χ2n) is 5.72. The van der Waals surface area contributed by atoms with Crippen molar-refractivity contribution in [3.63, 3.8) is 0 Å². The molecule has 0 aliphatic carbocycles. The second-order valence-corrected chi connectivity index (χ2v) is 6.64. The van der Waals surface area contributed by atoms with Crippen LogP contribution in [-0.2, 0) is 6.54 Å². The number of hydrogen-bond donors (Lipinski definition) is 0. The van der Waals surface area contributed by atoms with Gasteiger partial charge in [-0.15, -0.1) is 0 Å². The highest BCUT2D eigenvalue weighted by Crippen LogP contribution is 2.25. The van der Waals surface area contributed by atoms with Crippen molar-refractivity contribution in [1.82, 2.24) is 9.88 Å². The molecule has 0 N–H and O–H groups in total. The average molecular weight is 311 g/mol. The lowest BCUT2D eigenvalue weighted by Crippen LogP contribution is -2.24. The lowest BCUT2D eigenvalue weighted by atomic mass is 9.89. The van der Waals surface area contributed by atoms with Crippen LogP contribution in [0.15, 0.2) is 22.9 Å². The van der Waals surface area contributed by atoms with Gasteiger partial charge in [-0.3, -0.25) is 9.88 Å². The zero-order valence-electron chi connectivity index (χ0n) is 11.4. The number of halogens is 1. The topological polar surface area (TPSA) is 16.1 Å². The van der Waals surface area contributed by atoms with Gasteiger partial charge in [0.2, 0.25) is 0 Å². The van der Waals surface area contributed by atoms with E-state index in [1.165, 1.54) is 37.9 Å². The van der Waals surface area contributed by atoms with Crippen LogP contribution in [0.4, 0.5) is 0 Å². The standard InChI is InChI=1S/C15H23BrN2/c1-12(2)14-4-3-6-18(7-5-14)11-13-8-15(16)10-17-9-13/h8-10,12,14H,3-7,11H2,1-2H3. The molecular weight excluding hydrogens is 288 g/mol. The fourth-order valence-electron chi connectivity index (χ4n) is 2.81. The molecule has 1 unspecified atom stereocenters. The monoisotopic (exact) mass is 310 g/mol. The maximum absolute atomic E-state index is 4.24. The van der Waals surface area contributed by atoms with E-state index in [0.717, 1.165) is 22.9 Å². The molecule has 0 spiro atoms. The summed E-state index contributed by atoms with van der Waals surface area (Å²) in [5, 5.41) is 0. The van der Waals surface area contributed by atoms with Crippen LogP contribution in [0.25, 0.3) is 0 Å². The van der Waals surface area contributed by atoms with Gasteiger partial charge in [-0.1, -0.05) is 13.8 Å². The Kier molecular flexibility index (Phi) is 5.19. The van der Waals surface area contributed by atoms with Gasteiger partial charge >= 0.3 is 0 Å². The smallest absolute Gasteiger partial charge is 0.0410 e. The van der Waals surface area contributed by atoms with Crippen LogP contribution in [0.3, 0.4) is 0 Å². The highest BCUT2D eigenvalue weighted by molar-refractivity contribution is 9.10. The van der Waals surface area contributed by atoms with Gasteiger partial charge in [0.25, 0.3) is 0 Å². The fourth-order valence-corrected chi connectivity index (χ4v) is 3.22. The zero-order chi connectivity index (χ0) is 13.0. The van der Waals surface area contributed by atoms with E-state index in [2.05, 4.69) is 45.7 Å². The highest BCUT2D eigenvalue weighted by Gasteiger charge is 2.19. The molecule has 1 atom stereocenters. The van der Waals surface area contributed by atoms with Gasteiger partial charge in [-0.25, -0.2) is 0 Å². The van der Waals surface area contributed by atoms with Crippen molar-refractivity contribution in [3.8, 4) is 0 Å². The first-order chi connectivity index (χ1) is 8.65. The molecule has 1 aromatic heterocycles. The number of aromatic nitrogens is 1. The van der Waals surface area contributed by atoms with Gasteiger partial charge in [-0.05, 0) is 71.7 Å². The van der Waals surface area contributed by atoms with E-state index >= 15 is 0 Å². The Bertz CT molecular complexity index is 379. The van der Waals surface area contributed by atoms with Gasteiger partial charge in [-0.2, -0.15) is 0 Å². The number of nitrogens with zero attached hydrogens (tertiary/aromatic N) is 2. The predicted molar refractivity (Wildman–Crippen MR) is 79.4 cm³/mol. The minimum atomic E-state index is 0.831. The summed E-state index contributed by atoms with van der Waals surface area (Å²) in [6, 6.07) is 2.18. The molecule has 2 nitrogen and oxygen atoms in total. The van der Waals surface area contributed by atoms with Crippen molar-refractivity contribution < 1.29 is 0 Å².